The van der Waals surface area contributed by atoms with Gasteiger partial charge in [-0.3, -0.25) is 4.79 Å². The highest BCUT2D eigenvalue weighted by Gasteiger charge is 2.44. The summed E-state index contributed by atoms with van der Waals surface area (Å²) in [5, 5.41) is 6.08. The van der Waals surface area contributed by atoms with Crippen molar-refractivity contribution in [3.8, 4) is 5.88 Å². The van der Waals surface area contributed by atoms with Gasteiger partial charge in [0.15, 0.2) is 0 Å². The Hall–Kier alpha value is -2.71. The molecule has 36 heavy (non-hydrogen) atoms. The molecule has 3 heterocycles. The van der Waals surface area contributed by atoms with Gasteiger partial charge in [0.05, 0.1) is 5.56 Å². The molecule has 5 rings (SSSR count). The number of piperazine rings is 1. The van der Waals surface area contributed by atoms with Gasteiger partial charge in [-0.15, -0.1) is 0 Å². The van der Waals surface area contributed by atoms with Crippen LogP contribution in [0.5, 0.6) is 5.88 Å². The van der Waals surface area contributed by atoms with Gasteiger partial charge < -0.3 is 25.2 Å². The number of likely N-dealkylation sites (N-methyl/N-ethyl adjacent to an activating group) is 1. The van der Waals surface area contributed by atoms with Crippen molar-refractivity contribution in [2.24, 2.45) is 0 Å². The summed E-state index contributed by atoms with van der Waals surface area (Å²) in [4.78, 5) is 23.8. The number of amides is 1. The summed E-state index contributed by atoms with van der Waals surface area (Å²) in [5.41, 5.74) is 5.21. The predicted molar refractivity (Wildman–Crippen MR) is 144 cm³/mol. The van der Waals surface area contributed by atoms with E-state index in [1.54, 1.807) is 0 Å². The number of carbonyl (C=O) groups excluding carboxylic acids is 1. The highest BCUT2D eigenvalue weighted by atomic mass is 16.5. The molecule has 8 heteroatoms. The summed E-state index contributed by atoms with van der Waals surface area (Å²) in [6, 6.07) is 6.93. The van der Waals surface area contributed by atoms with Crippen molar-refractivity contribution in [1.82, 2.24) is 25.5 Å². The second-order valence-corrected chi connectivity index (χ2v) is 10.6. The number of fused-ring (bicyclic) bond motifs is 3. The number of benzene rings is 1. The van der Waals surface area contributed by atoms with Gasteiger partial charge in [-0.25, -0.2) is 4.98 Å². The van der Waals surface area contributed by atoms with Crippen LogP contribution in [-0.2, 0) is 23.2 Å². The zero-order valence-corrected chi connectivity index (χ0v) is 22.6. The van der Waals surface area contributed by atoms with Gasteiger partial charge in [0.2, 0.25) is 12.3 Å². The Morgan fingerprint density at radius 3 is 2.69 bits per heavy atom. The zero-order chi connectivity index (χ0) is 25.7. The molecule has 196 valence electrons. The molecule has 2 aliphatic heterocycles. The van der Waals surface area contributed by atoms with Crippen molar-refractivity contribution in [1.29, 1.82) is 0 Å². The molecule has 0 saturated carbocycles. The molecule has 2 aromatic rings. The van der Waals surface area contributed by atoms with Crippen LogP contribution < -0.4 is 20.3 Å². The van der Waals surface area contributed by atoms with E-state index in [9.17, 15) is 4.79 Å². The number of carbonyl (C=O) groups is 1. The van der Waals surface area contributed by atoms with E-state index in [-0.39, 0.29) is 11.6 Å². The van der Waals surface area contributed by atoms with Crippen LogP contribution in [0.4, 0.5) is 5.82 Å². The van der Waals surface area contributed by atoms with E-state index < -0.39 is 0 Å². The molecule has 1 aliphatic carbocycles. The fourth-order valence-electron chi connectivity index (χ4n) is 5.91. The molecule has 0 bridgehead atoms. The zero-order valence-electron chi connectivity index (χ0n) is 22.6. The first kappa shape index (κ1) is 26.4. The lowest BCUT2D eigenvalue weighted by atomic mass is 9.73. The first-order chi connectivity index (χ1) is 17.3. The molecule has 1 aromatic heterocycles. The predicted octanol–water partition coefficient (Wildman–Crippen LogP) is 2.74. The molecule has 2 N–H and O–H groups in total. The van der Waals surface area contributed by atoms with E-state index >= 15 is 0 Å². The third-order valence-corrected chi connectivity index (χ3v) is 7.38. The topological polar surface area (TPSA) is 82.6 Å². The Kier molecular flexibility index (Phi) is 8.46. The lowest BCUT2D eigenvalue weighted by molar-refractivity contribution is -0.110. The Morgan fingerprint density at radius 1 is 1.19 bits per heavy atom. The maximum atomic E-state index is 9.87. The van der Waals surface area contributed by atoms with Crippen LogP contribution in [-0.4, -0.2) is 74.1 Å². The Balaban J connectivity index is 0.000000292. The van der Waals surface area contributed by atoms with E-state index in [1.807, 2.05) is 32.8 Å². The van der Waals surface area contributed by atoms with E-state index in [0.717, 1.165) is 82.3 Å². The monoisotopic (exact) mass is 494 g/mol. The van der Waals surface area contributed by atoms with Gasteiger partial charge in [0.1, 0.15) is 17.2 Å². The van der Waals surface area contributed by atoms with Crippen molar-refractivity contribution in [3.63, 3.8) is 0 Å². The highest BCUT2D eigenvalue weighted by Crippen LogP contribution is 2.48. The maximum Gasteiger partial charge on any atom is 0.222 e. The number of aromatic nitrogens is 2. The normalized spacial score (nSPS) is 21.6. The number of ether oxygens (including phenoxy) is 1. The molecule has 3 aliphatic rings. The minimum atomic E-state index is -0.215. The van der Waals surface area contributed by atoms with Crippen molar-refractivity contribution in [2.45, 2.75) is 64.5 Å². The van der Waals surface area contributed by atoms with E-state index in [0.29, 0.717) is 0 Å². The summed E-state index contributed by atoms with van der Waals surface area (Å²) in [5.74, 6) is 2.72. The van der Waals surface area contributed by atoms with E-state index in [1.165, 1.54) is 28.7 Å². The summed E-state index contributed by atoms with van der Waals surface area (Å²) in [6.07, 6.45) is 6.15. The van der Waals surface area contributed by atoms with Gasteiger partial charge in [-0.05, 0) is 78.1 Å². The van der Waals surface area contributed by atoms with Crippen molar-refractivity contribution < 1.29 is 9.53 Å². The van der Waals surface area contributed by atoms with Gasteiger partial charge in [0.25, 0.3) is 0 Å². The Labute approximate surface area is 215 Å². The fraction of sp³-hybridized carbons (Fsp3) is 0.607. The number of rotatable bonds is 5. The molecule has 1 amide bonds. The molecule has 1 spiro atoms. The first-order valence-corrected chi connectivity index (χ1v) is 13.3. The minimum absolute atomic E-state index is 0.215. The smallest absolute Gasteiger partial charge is 0.222 e. The molecule has 2 atom stereocenters. The Morgan fingerprint density at radius 2 is 1.97 bits per heavy atom. The number of hydrogen-bond donors (Lipinski definition) is 2. The minimum Gasteiger partial charge on any atom is -0.466 e. The highest BCUT2D eigenvalue weighted by molar-refractivity contribution is 5.55. The second kappa shape index (κ2) is 11.6. The average Bonchev–Trinajstić information content (AvgIpc) is 2.84. The molecule has 1 fully saturated rings. The molecular weight excluding hydrogens is 452 g/mol. The van der Waals surface area contributed by atoms with Crippen LogP contribution in [0.3, 0.4) is 0 Å². The van der Waals surface area contributed by atoms with Crippen LogP contribution >= 0.6 is 0 Å². The molecule has 8 nitrogen and oxygen atoms in total. The second-order valence-electron chi connectivity index (χ2n) is 10.6. The van der Waals surface area contributed by atoms with Crippen molar-refractivity contribution in [2.75, 3.05) is 51.7 Å². The summed E-state index contributed by atoms with van der Waals surface area (Å²) in [7, 11) is 3.95. The largest absolute Gasteiger partial charge is 0.466 e. The summed E-state index contributed by atoms with van der Waals surface area (Å²) < 4.78 is 6.79. The molecule has 1 aromatic carbocycles. The maximum absolute atomic E-state index is 9.87. The van der Waals surface area contributed by atoms with Gasteiger partial charge >= 0.3 is 0 Å². The van der Waals surface area contributed by atoms with Crippen molar-refractivity contribution >= 4 is 12.2 Å². The number of nitrogens with zero attached hydrogens (tertiary/aromatic N) is 4. The standard InChI is InChI=1S/C22H28N4O.C6H14N2O/c1-15-5-3-6-17-7-4-9-22(19(15)17)10-8-18-20(26-13-11-23-12-14-26)24-16(2)25-21(18)27-22;1-6(7-5-9)4-8(2)3/h3,5-6,23H,4,7-14H2,1-2H3;5-6H,4H2,1-3H3,(H,7,9). The van der Waals surface area contributed by atoms with E-state index in [2.05, 4.69) is 40.7 Å². The number of nitrogens with one attached hydrogen (secondary N) is 2. The summed E-state index contributed by atoms with van der Waals surface area (Å²) in [6.45, 7) is 11.1. The van der Waals surface area contributed by atoms with Gasteiger partial charge in [0, 0.05) is 44.3 Å². The summed E-state index contributed by atoms with van der Waals surface area (Å²) >= 11 is 0. The number of anilines is 1. The fourth-order valence-corrected chi connectivity index (χ4v) is 5.91. The lowest BCUT2D eigenvalue weighted by Gasteiger charge is -2.44. The van der Waals surface area contributed by atoms with Crippen LogP contribution in [0.15, 0.2) is 18.2 Å². The third kappa shape index (κ3) is 5.81. The van der Waals surface area contributed by atoms with Crippen LogP contribution in [0.25, 0.3) is 0 Å². The first-order valence-electron chi connectivity index (χ1n) is 13.3. The molecule has 2 unspecified atom stereocenters. The third-order valence-electron chi connectivity index (χ3n) is 7.38. The van der Waals surface area contributed by atoms with Crippen LogP contribution in [0.1, 0.15) is 54.3 Å². The Bertz CT molecular complexity index is 1050. The number of aryl methyl sites for hydroxylation is 3. The van der Waals surface area contributed by atoms with Crippen LogP contribution in [0.2, 0.25) is 0 Å². The molecular formula is C28H42N6O2. The quantitative estimate of drug-likeness (QED) is 0.619. The SMILES string of the molecule is CC(CN(C)C)NC=O.Cc1nc2c(c(N3CCNCC3)n1)CCC1(CCCc3cccc(C)c31)O2. The lowest BCUT2D eigenvalue weighted by Crippen LogP contribution is -2.45. The van der Waals surface area contributed by atoms with E-state index in [4.69, 9.17) is 14.7 Å². The average molecular weight is 495 g/mol. The number of hydrogen-bond acceptors (Lipinski definition) is 7. The van der Waals surface area contributed by atoms with Crippen molar-refractivity contribution in [3.05, 3.63) is 46.3 Å². The van der Waals surface area contributed by atoms with Gasteiger partial charge in [-0.1, -0.05) is 18.2 Å². The molecule has 1 saturated heterocycles. The van der Waals surface area contributed by atoms with Gasteiger partial charge in [-0.2, -0.15) is 4.98 Å². The molecule has 0 radical (unpaired) electrons. The van der Waals surface area contributed by atoms with Crippen LogP contribution in [0, 0.1) is 13.8 Å².